The fourth-order valence-corrected chi connectivity index (χ4v) is 3.83. The van der Waals surface area contributed by atoms with Crippen LogP contribution in [-0.4, -0.2) is 66.0 Å². The predicted molar refractivity (Wildman–Crippen MR) is 121 cm³/mol. The van der Waals surface area contributed by atoms with Crippen molar-refractivity contribution < 1.29 is 42.9 Å². The van der Waals surface area contributed by atoms with Crippen molar-refractivity contribution in [3.63, 3.8) is 0 Å². The number of fused-ring (bicyclic) bond motifs is 1. The molecule has 1 aromatic carbocycles. The first-order chi connectivity index (χ1) is 16.5. The Balaban J connectivity index is 2.05. The first-order valence-electron chi connectivity index (χ1n) is 11.0. The summed E-state index contributed by atoms with van der Waals surface area (Å²) in [5, 5.41) is 3.48. The Bertz CT molecular complexity index is 1120. The van der Waals surface area contributed by atoms with E-state index in [1.54, 1.807) is 12.1 Å². The quantitative estimate of drug-likeness (QED) is 0.451. The molecule has 1 aliphatic heterocycles. The first kappa shape index (κ1) is 25.9. The molecule has 0 aliphatic carbocycles. The molecule has 1 aromatic heterocycles. The number of carbonyl (C=O) groups is 4. The molecule has 1 N–H and O–H groups in total. The summed E-state index contributed by atoms with van der Waals surface area (Å²) in [5.41, 5.74) is 1.32. The smallest absolute Gasteiger partial charge is 0.303 e. The Labute approximate surface area is 202 Å². The summed E-state index contributed by atoms with van der Waals surface area (Å²) in [6.45, 7) is 6.36. The van der Waals surface area contributed by atoms with Gasteiger partial charge in [0, 0.05) is 38.8 Å². The monoisotopic (exact) mass is 488 g/mol. The normalized spacial score (nSPS) is 23.7. The molecule has 5 unspecified atom stereocenters. The predicted octanol–water partition coefficient (Wildman–Crippen LogP) is 1.58. The molecule has 11 heteroatoms. The maximum absolute atomic E-state index is 12.1. The molecular formula is C24H28N2O9. The number of amides is 1. The zero-order valence-electron chi connectivity index (χ0n) is 20.1. The summed E-state index contributed by atoms with van der Waals surface area (Å²) < 4.78 is 28.2. The molecule has 188 valence electrons. The van der Waals surface area contributed by atoms with Crippen molar-refractivity contribution in [2.75, 3.05) is 6.61 Å². The number of hydrogen-bond donors (Lipinski definition) is 1. The molecule has 35 heavy (non-hydrogen) atoms. The molecule has 2 aromatic rings. The van der Waals surface area contributed by atoms with Crippen molar-refractivity contribution >= 4 is 34.7 Å². The summed E-state index contributed by atoms with van der Waals surface area (Å²) in [6, 6.07) is 7.99. The third-order valence-corrected chi connectivity index (χ3v) is 5.14. The van der Waals surface area contributed by atoms with Gasteiger partial charge < -0.3 is 29.0 Å². The van der Waals surface area contributed by atoms with Gasteiger partial charge in [-0.25, -0.2) is 4.98 Å². The van der Waals surface area contributed by atoms with E-state index >= 15 is 0 Å². The number of para-hydroxylation sites is 1. The van der Waals surface area contributed by atoms with Gasteiger partial charge in [-0.05, 0) is 19.1 Å². The summed E-state index contributed by atoms with van der Waals surface area (Å²) in [6.07, 6.45) is -4.68. The van der Waals surface area contributed by atoms with Gasteiger partial charge in [0.25, 0.3) is 0 Å². The number of carbonyl (C=O) groups excluding carboxylic acids is 4. The molecule has 1 aliphatic rings. The zero-order valence-corrected chi connectivity index (χ0v) is 20.1. The first-order valence-corrected chi connectivity index (χ1v) is 11.0. The third-order valence-electron chi connectivity index (χ3n) is 5.14. The van der Waals surface area contributed by atoms with Gasteiger partial charge in [0.1, 0.15) is 30.0 Å². The van der Waals surface area contributed by atoms with Crippen LogP contribution in [0.1, 0.15) is 33.4 Å². The maximum Gasteiger partial charge on any atom is 0.303 e. The Kier molecular flexibility index (Phi) is 8.23. The standard InChI is InChI=1S/C24H28N2O9/c1-12-9-10-17-7-6-8-18(20(17)25-12)34-24-21(26-13(2)27)23(33-16(5)30)22(32-15(4)29)19(35-24)11-31-14(3)28/h6-10,19,21-24H,11H2,1-5H3,(H,26,27). The summed E-state index contributed by atoms with van der Waals surface area (Å²) in [5.74, 6) is -2.06. The number of nitrogens with one attached hydrogen (secondary N) is 1. The van der Waals surface area contributed by atoms with E-state index in [1.807, 2.05) is 25.1 Å². The van der Waals surface area contributed by atoms with E-state index in [1.165, 1.54) is 27.7 Å². The Morgan fingerprint density at radius 3 is 2.26 bits per heavy atom. The number of aromatic nitrogens is 1. The van der Waals surface area contributed by atoms with Crippen LogP contribution in [0.25, 0.3) is 10.9 Å². The van der Waals surface area contributed by atoms with Crippen molar-refractivity contribution in [1.29, 1.82) is 0 Å². The largest absolute Gasteiger partial charge is 0.463 e. The van der Waals surface area contributed by atoms with Gasteiger partial charge >= 0.3 is 17.9 Å². The van der Waals surface area contributed by atoms with E-state index in [9.17, 15) is 19.2 Å². The molecule has 0 spiro atoms. The fourth-order valence-electron chi connectivity index (χ4n) is 3.83. The molecule has 1 saturated heterocycles. The second-order valence-electron chi connectivity index (χ2n) is 8.12. The molecule has 3 rings (SSSR count). The second-order valence-corrected chi connectivity index (χ2v) is 8.12. The van der Waals surface area contributed by atoms with Gasteiger partial charge in [-0.3, -0.25) is 19.2 Å². The molecule has 0 saturated carbocycles. The van der Waals surface area contributed by atoms with Crippen LogP contribution in [0, 0.1) is 6.92 Å². The summed E-state index contributed by atoms with van der Waals surface area (Å²) >= 11 is 0. The van der Waals surface area contributed by atoms with Gasteiger partial charge in [0.05, 0.1) is 0 Å². The molecule has 2 heterocycles. The van der Waals surface area contributed by atoms with Gasteiger partial charge in [0.15, 0.2) is 12.2 Å². The number of esters is 3. The molecule has 0 radical (unpaired) electrons. The highest BCUT2D eigenvalue weighted by Gasteiger charge is 2.52. The highest BCUT2D eigenvalue weighted by molar-refractivity contribution is 5.84. The number of benzene rings is 1. The molecule has 11 nitrogen and oxygen atoms in total. The lowest BCUT2D eigenvalue weighted by Crippen LogP contribution is -2.67. The van der Waals surface area contributed by atoms with E-state index in [2.05, 4.69) is 10.3 Å². The van der Waals surface area contributed by atoms with Crippen LogP contribution < -0.4 is 10.1 Å². The lowest BCUT2D eigenvalue weighted by molar-refractivity contribution is -0.257. The van der Waals surface area contributed by atoms with Crippen LogP contribution in [0.2, 0.25) is 0 Å². The topological polar surface area (TPSA) is 139 Å². The van der Waals surface area contributed by atoms with Crippen LogP contribution in [0.15, 0.2) is 30.3 Å². The van der Waals surface area contributed by atoms with E-state index in [-0.39, 0.29) is 6.61 Å². The SMILES string of the molecule is CC(=O)NC1C(Oc2cccc3ccc(C)nc23)OC(COC(C)=O)C(OC(C)=O)C1OC(C)=O. The lowest BCUT2D eigenvalue weighted by Gasteiger charge is -2.44. The van der Waals surface area contributed by atoms with Crippen LogP contribution in [-0.2, 0) is 38.1 Å². The van der Waals surface area contributed by atoms with E-state index in [0.717, 1.165) is 11.1 Å². The minimum Gasteiger partial charge on any atom is -0.463 e. The molecule has 0 bridgehead atoms. The Morgan fingerprint density at radius 1 is 0.943 bits per heavy atom. The second kappa shape index (κ2) is 11.1. The Hall–Kier alpha value is -3.73. The highest BCUT2D eigenvalue weighted by Crippen LogP contribution is 2.31. The minimum atomic E-state index is -1.22. The summed E-state index contributed by atoms with van der Waals surface area (Å²) in [7, 11) is 0. The number of nitrogens with zero attached hydrogens (tertiary/aromatic N) is 1. The van der Waals surface area contributed by atoms with Gasteiger partial charge in [-0.15, -0.1) is 0 Å². The number of hydrogen-bond acceptors (Lipinski definition) is 10. The molecular weight excluding hydrogens is 460 g/mol. The maximum atomic E-state index is 12.1. The van der Waals surface area contributed by atoms with E-state index < -0.39 is 54.5 Å². The number of ether oxygens (including phenoxy) is 5. The van der Waals surface area contributed by atoms with Crippen LogP contribution in [0.5, 0.6) is 5.75 Å². The molecule has 1 fully saturated rings. The number of aryl methyl sites for hydroxylation is 1. The number of pyridine rings is 1. The van der Waals surface area contributed by atoms with Crippen molar-refractivity contribution in [2.24, 2.45) is 0 Å². The van der Waals surface area contributed by atoms with Gasteiger partial charge in [0.2, 0.25) is 12.2 Å². The van der Waals surface area contributed by atoms with Crippen LogP contribution >= 0.6 is 0 Å². The zero-order chi connectivity index (χ0) is 25.7. The van der Waals surface area contributed by atoms with Gasteiger partial charge in [-0.1, -0.05) is 18.2 Å². The van der Waals surface area contributed by atoms with E-state index in [0.29, 0.717) is 11.3 Å². The fraction of sp³-hybridized carbons (Fsp3) is 0.458. The van der Waals surface area contributed by atoms with Gasteiger partial charge in [-0.2, -0.15) is 0 Å². The van der Waals surface area contributed by atoms with Crippen molar-refractivity contribution in [3.05, 3.63) is 36.0 Å². The minimum absolute atomic E-state index is 0.315. The average Bonchev–Trinajstić information content (AvgIpc) is 2.76. The van der Waals surface area contributed by atoms with Crippen molar-refractivity contribution in [2.45, 2.75) is 65.3 Å². The van der Waals surface area contributed by atoms with Crippen LogP contribution in [0.3, 0.4) is 0 Å². The van der Waals surface area contributed by atoms with E-state index in [4.69, 9.17) is 23.7 Å². The number of rotatable bonds is 7. The van der Waals surface area contributed by atoms with Crippen molar-refractivity contribution in [1.82, 2.24) is 10.3 Å². The highest BCUT2D eigenvalue weighted by atomic mass is 16.7. The lowest BCUT2D eigenvalue weighted by atomic mass is 9.96. The summed E-state index contributed by atoms with van der Waals surface area (Å²) in [4.78, 5) is 51.9. The molecule has 1 amide bonds. The third kappa shape index (κ3) is 6.66. The Morgan fingerprint density at radius 2 is 1.63 bits per heavy atom. The molecule has 5 atom stereocenters. The van der Waals surface area contributed by atoms with Crippen LogP contribution in [0.4, 0.5) is 0 Å². The average molecular weight is 488 g/mol. The van der Waals surface area contributed by atoms with Crippen molar-refractivity contribution in [3.8, 4) is 5.75 Å².